The first-order valence-corrected chi connectivity index (χ1v) is 7.13. The van der Waals surface area contributed by atoms with Crippen molar-refractivity contribution in [2.24, 2.45) is 0 Å². The van der Waals surface area contributed by atoms with Gasteiger partial charge in [0.05, 0.1) is 0 Å². The summed E-state index contributed by atoms with van der Waals surface area (Å²) in [7, 11) is 2.11. The maximum Gasteiger partial charge on any atom is 0.0371 e. The van der Waals surface area contributed by atoms with Gasteiger partial charge in [-0.25, -0.2) is 0 Å². The topological polar surface area (TPSA) is 29.3 Å². The predicted molar refractivity (Wildman–Crippen MR) is 78.0 cm³/mol. The van der Waals surface area contributed by atoms with Crippen LogP contribution in [-0.4, -0.2) is 11.9 Å². The molecule has 0 unspecified atom stereocenters. The molecule has 2 N–H and O–H groups in total. The Morgan fingerprint density at radius 1 is 1.29 bits per heavy atom. The highest BCUT2D eigenvalue weighted by Crippen LogP contribution is 2.24. The predicted octanol–water partition coefficient (Wildman–Crippen LogP) is 3.72. The molecular weight excluding hydrogens is 296 g/mol. The molecular formula is C13H15BrN2S. The van der Waals surface area contributed by atoms with Gasteiger partial charge in [0.15, 0.2) is 0 Å². The molecule has 0 fully saturated rings. The average molecular weight is 311 g/mol. The zero-order valence-corrected chi connectivity index (χ0v) is 12.1. The lowest BCUT2D eigenvalue weighted by molar-refractivity contribution is 0.319. The molecule has 0 aliphatic rings. The maximum atomic E-state index is 5.99. The van der Waals surface area contributed by atoms with Crippen molar-refractivity contribution in [2.75, 3.05) is 12.8 Å². The summed E-state index contributed by atoms with van der Waals surface area (Å²) < 4.78 is 1.08. The van der Waals surface area contributed by atoms with Crippen molar-refractivity contribution in [1.82, 2.24) is 4.90 Å². The van der Waals surface area contributed by atoms with Crippen LogP contribution in [0.3, 0.4) is 0 Å². The Hall–Kier alpha value is -0.840. The van der Waals surface area contributed by atoms with Gasteiger partial charge < -0.3 is 5.73 Å². The smallest absolute Gasteiger partial charge is 0.0371 e. The van der Waals surface area contributed by atoms with Crippen LogP contribution in [0, 0.1) is 0 Å². The first-order chi connectivity index (χ1) is 8.16. The highest BCUT2D eigenvalue weighted by molar-refractivity contribution is 9.10. The van der Waals surface area contributed by atoms with Gasteiger partial charge >= 0.3 is 0 Å². The van der Waals surface area contributed by atoms with Crippen molar-refractivity contribution in [3.05, 3.63) is 50.6 Å². The molecule has 17 heavy (non-hydrogen) atoms. The SMILES string of the molecule is CN(Cc1ccsc1)Cc1c(N)cccc1Br. The molecule has 0 saturated carbocycles. The van der Waals surface area contributed by atoms with Crippen molar-refractivity contribution >= 4 is 33.0 Å². The summed E-state index contributed by atoms with van der Waals surface area (Å²) >= 11 is 5.28. The Kier molecular flexibility index (Phi) is 4.20. The second-order valence-corrected chi connectivity index (χ2v) is 5.75. The molecule has 0 amide bonds. The summed E-state index contributed by atoms with van der Waals surface area (Å²) in [6.07, 6.45) is 0. The van der Waals surface area contributed by atoms with E-state index in [1.807, 2.05) is 18.2 Å². The first kappa shape index (κ1) is 12.6. The number of hydrogen-bond acceptors (Lipinski definition) is 3. The molecule has 1 aromatic carbocycles. The van der Waals surface area contributed by atoms with Crippen molar-refractivity contribution in [3.63, 3.8) is 0 Å². The summed E-state index contributed by atoms with van der Waals surface area (Å²) in [6, 6.07) is 8.09. The van der Waals surface area contributed by atoms with Crippen molar-refractivity contribution in [2.45, 2.75) is 13.1 Å². The van der Waals surface area contributed by atoms with Crippen LogP contribution in [-0.2, 0) is 13.1 Å². The van der Waals surface area contributed by atoms with E-state index in [-0.39, 0.29) is 0 Å². The highest BCUT2D eigenvalue weighted by Gasteiger charge is 2.08. The number of halogens is 1. The quantitative estimate of drug-likeness (QED) is 0.872. The molecule has 2 rings (SSSR count). The van der Waals surface area contributed by atoms with Crippen LogP contribution in [0.5, 0.6) is 0 Å². The van der Waals surface area contributed by atoms with E-state index < -0.39 is 0 Å². The molecule has 0 aliphatic carbocycles. The number of anilines is 1. The number of benzene rings is 1. The summed E-state index contributed by atoms with van der Waals surface area (Å²) in [6.45, 7) is 1.80. The molecule has 4 heteroatoms. The number of thiophene rings is 1. The van der Waals surface area contributed by atoms with Crippen LogP contribution >= 0.6 is 27.3 Å². The van der Waals surface area contributed by atoms with Gasteiger partial charge in [0.25, 0.3) is 0 Å². The van der Waals surface area contributed by atoms with Gasteiger partial charge in [0.1, 0.15) is 0 Å². The summed E-state index contributed by atoms with van der Waals surface area (Å²) in [5, 5.41) is 4.29. The molecule has 0 saturated heterocycles. The van der Waals surface area contributed by atoms with Gasteiger partial charge in [0, 0.05) is 28.8 Å². The Morgan fingerprint density at radius 3 is 2.76 bits per heavy atom. The van der Waals surface area contributed by atoms with Crippen LogP contribution in [0.2, 0.25) is 0 Å². The van der Waals surface area contributed by atoms with Crippen molar-refractivity contribution < 1.29 is 0 Å². The van der Waals surface area contributed by atoms with Crippen molar-refractivity contribution in [3.8, 4) is 0 Å². The Balaban J connectivity index is 2.05. The third-order valence-corrected chi connectivity index (χ3v) is 4.09. The Labute approximate surface area is 114 Å². The monoisotopic (exact) mass is 310 g/mol. The second kappa shape index (κ2) is 5.67. The fourth-order valence-electron chi connectivity index (χ4n) is 1.76. The van der Waals surface area contributed by atoms with Crippen LogP contribution in [0.1, 0.15) is 11.1 Å². The summed E-state index contributed by atoms with van der Waals surface area (Å²) in [5.74, 6) is 0. The van der Waals surface area contributed by atoms with E-state index in [9.17, 15) is 0 Å². The van der Waals surface area contributed by atoms with Crippen LogP contribution < -0.4 is 5.73 Å². The van der Waals surface area contributed by atoms with E-state index in [1.54, 1.807) is 11.3 Å². The molecule has 1 aromatic heterocycles. The number of nitrogens with two attached hydrogens (primary N) is 1. The number of hydrogen-bond donors (Lipinski definition) is 1. The largest absolute Gasteiger partial charge is 0.398 e. The first-order valence-electron chi connectivity index (χ1n) is 5.39. The minimum atomic E-state index is 0.844. The summed E-state index contributed by atoms with van der Waals surface area (Å²) in [5.41, 5.74) is 9.34. The lowest BCUT2D eigenvalue weighted by Crippen LogP contribution is -2.18. The van der Waals surface area contributed by atoms with Gasteiger partial charge in [-0.15, -0.1) is 0 Å². The Bertz CT molecular complexity index is 462. The van der Waals surface area contributed by atoms with Gasteiger partial charge in [-0.1, -0.05) is 22.0 Å². The third-order valence-electron chi connectivity index (χ3n) is 2.62. The van der Waals surface area contributed by atoms with E-state index in [0.717, 1.165) is 28.8 Å². The van der Waals surface area contributed by atoms with E-state index in [4.69, 9.17) is 5.73 Å². The molecule has 2 nitrogen and oxygen atoms in total. The van der Waals surface area contributed by atoms with Gasteiger partial charge in [0.2, 0.25) is 0 Å². The molecule has 0 atom stereocenters. The van der Waals surface area contributed by atoms with E-state index in [0.29, 0.717) is 0 Å². The molecule has 90 valence electrons. The second-order valence-electron chi connectivity index (χ2n) is 4.11. The van der Waals surface area contributed by atoms with Crippen molar-refractivity contribution in [1.29, 1.82) is 0 Å². The highest BCUT2D eigenvalue weighted by atomic mass is 79.9. The van der Waals surface area contributed by atoms with Gasteiger partial charge in [-0.2, -0.15) is 11.3 Å². The molecule has 0 bridgehead atoms. The zero-order valence-electron chi connectivity index (χ0n) is 9.69. The fourth-order valence-corrected chi connectivity index (χ4v) is 2.93. The molecule has 0 aliphatic heterocycles. The van der Waals surface area contributed by atoms with Gasteiger partial charge in [-0.3, -0.25) is 4.90 Å². The lowest BCUT2D eigenvalue weighted by Gasteiger charge is -2.18. The zero-order chi connectivity index (χ0) is 12.3. The third kappa shape index (κ3) is 3.31. The standard InChI is InChI=1S/C13H15BrN2S/c1-16(7-10-5-6-17-9-10)8-11-12(14)3-2-4-13(11)15/h2-6,9H,7-8,15H2,1H3. The number of nitrogens with zero attached hydrogens (tertiary/aromatic N) is 1. The van der Waals surface area contributed by atoms with E-state index >= 15 is 0 Å². The van der Waals surface area contributed by atoms with Crippen LogP contribution in [0.4, 0.5) is 5.69 Å². The Morgan fingerprint density at radius 2 is 2.12 bits per heavy atom. The van der Waals surface area contributed by atoms with E-state index in [2.05, 4.69) is 44.7 Å². The molecule has 0 spiro atoms. The average Bonchev–Trinajstić information content (AvgIpc) is 2.76. The minimum Gasteiger partial charge on any atom is -0.398 e. The number of rotatable bonds is 4. The van der Waals surface area contributed by atoms with Crippen LogP contribution in [0.25, 0.3) is 0 Å². The maximum absolute atomic E-state index is 5.99. The lowest BCUT2D eigenvalue weighted by atomic mass is 10.1. The summed E-state index contributed by atoms with van der Waals surface area (Å²) in [4.78, 5) is 2.26. The number of nitrogen functional groups attached to an aromatic ring is 1. The fraction of sp³-hybridized carbons (Fsp3) is 0.231. The minimum absolute atomic E-state index is 0.844. The van der Waals surface area contributed by atoms with Crippen LogP contribution in [0.15, 0.2) is 39.5 Å². The van der Waals surface area contributed by atoms with Gasteiger partial charge in [-0.05, 0) is 41.6 Å². The molecule has 1 heterocycles. The van der Waals surface area contributed by atoms with E-state index in [1.165, 1.54) is 5.56 Å². The molecule has 0 radical (unpaired) electrons. The molecule has 2 aromatic rings. The normalized spacial score (nSPS) is 11.0.